The zero-order valence-corrected chi connectivity index (χ0v) is 16.0. The molecule has 4 aromatic rings. The van der Waals surface area contributed by atoms with Crippen LogP contribution in [0.5, 0.6) is 0 Å². The Kier molecular flexibility index (Phi) is 4.24. The van der Waals surface area contributed by atoms with Crippen molar-refractivity contribution < 1.29 is 0 Å². The number of imidazole rings is 1. The van der Waals surface area contributed by atoms with Gasteiger partial charge in [-0.25, -0.2) is 14.6 Å². The molecule has 0 aliphatic rings. The molecule has 0 fully saturated rings. The van der Waals surface area contributed by atoms with Crippen molar-refractivity contribution in [3.8, 4) is 17.5 Å². The second kappa shape index (κ2) is 6.74. The average molecular weight is 371 g/mol. The number of anilines is 3. The van der Waals surface area contributed by atoms with Gasteiger partial charge in [-0.15, -0.1) is 5.10 Å². The van der Waals surface area contributed by atoms with E-state index in [4.69, 9.17) is 5.73 Å². The molecule has 140 valence electrons. The molecule has 0 aliphatic heterocycles. The number of hydrogen-bond acceptors (Lipinski definition) is 5. The number of H-pyrrole nitrogens is 1. The number of aromatic nitrogens is 5. The molecule has 3 aromatic heterocycles. The van der Waals surface area contributed by atoms with E-state index in [9.17, 15) is 0 Å². The van der Waals surface area contributed by atoms with Crippen molar-refractivity contribution in [1.29, 1.82) is 0 Å². The van der Waals surface area contributed by atoms with Gasteiger partial charge in [-0.2, -0.15) is 0 Å². The van der Waals surface area contributed by atoms with Crippen LogP contribution < -0.4 is 11.1 Å². The summed E-state index contributed by atoms with van der Waals surface area (Å²) in [5.74, 6) is 8.47. The van der Waals surface area contributed by atoms with E-state index in [0.717, 1.165) is 28.0 Å². The Morgan fingerprint density at radius 2 is 2.07 bits per heavy atom. The van der Waals surface area contributed by atoms with Gasteiger partial charge in [0.1, 0.15) is 11.6 Å². The molecule has 0 radical (unpaired) electrons. The van der Waals surface area contributed by atoms with Gasteiger partial charge in [-0.1, -0.05) is 17.9 Å². The Balaban J connectivity index is 1.84. The van der Waals surface area contributed by atoms with E-state index in [0.29, 0.717) is 11.6 Å². The number of rotatable bonds is 3. The summed E-state index contributed by atoms with van der Waals surface area (Å²) in [6.45, 7) is 6.26. The zero-order chi connectivity index (χ0) is 19.7. The fraction of sp³-hybridized carbons (Fsp3) is 0.190. The third-order valence-corrected chi connectivity index (χ3v) is 4.05. The minimum absolute atomic E-state index is 0.101. The minimum atomic E-state index is -0.101. The van der Waals surface area contributed by atoms with Crippen molar-refractivity contribution in [2.45, 2.75) is 20.8 Å². The standard InChI is InChI=1S/C21H21N7/c1-21(2,3)9-7-14-5-4-6-16-19(14)28(27-20(16)22)15-8-10-24-17(11-15)26-18-12-23-13-25-18/h4-6,8,10-13H,1-3H3,(H2,22,27)(H,23,25)(H,24,26). The summed E-state index contributed by atoms with van der Waals surface area (Å²) in [6.07, 6.45) is 5.02. The number of benzene rings is 1. The highest BCUT2D eigenvalue weighted by Gasteiger charge is 2.14. The van der Waals surface area contributed by atoms with Crippen molar-refractivity contribution in [1.82, 2.24) is 24.7 Å². The number of para-hydroxylation sites is 1. The molecule has 7 heteroatoms. The van der Waals surface area contributed by atoms with Crippen molar-refractivity contribution >= 4 is 28.4 Å². The summed E-state index contributed by atoms with van der Waals surface area (Å²) in [7, 11) is 0. The van der Waals surface area contributed by atoms with Gasteiger partial charge in [-0.05, 0) is 39.0 Å². The Bertz CT molecular complexity index is 1190. The van der Waals surface area contributed by atoms with Crippen LogP contribution >= 0.6 is 0 Å². The molecule has 1 aromatic carbocycles. The number of nitrogens with two attached hydrogens (primary N) is 1. The molecule has 0 saturated carbocycles. The van der Waals surface area contributed by atoms with Crippen LogP contribution in [-0.4, -0.2) is 24.7 Å². The first kappa shape index (κ1) is 17.6. The number of pyridine rings is 1. The van der Waals surface area contributed by atoms with Crippen LogP contribution in [0.4, 0.5) is 17.5 Å². The minimum Gasteiger partial charge on any atom is -0.382 e. The Labute approximate surface area is 163 Å². The average Bonchev–Trinajstić information content (AvgIpc) is 3.28. The van der Waals surface area contributed by atoms with Crippen molar-refractivity contribution in [3.05, 3.63) is 54.6 Å². The molecule has 4 rings (SSSR count). The van der Waals surface area contributed by atoms with Gasteiger partial charge >= 0.3 is 0 Å². The molecular formula is C21H21N7. The molecule has 0 bridgehead atoms. The summed E-state index contributed by atoms with van der Waals surface area (Å²) in [4.78, 5) is 11.4. The summed E-state index contributed by atoms with van der Waals surface area (Å²) in [5, 5.41) is 8.61. The summed E-state index contributed by atoms with van der Waals surface area (Å²) < 4.78 is 1.82. The first-order valence-corrected chi connectivity index (χ1v) is 8.93. The predicted molar refractivity (Wildman–Crippen MR) is 111 cm³/mol. The van der Waals surface area contributed by atoms with Gasteiger partial charge in [0.2, 0.25) is 0 Å². The molecule has 0 atom stereocenters. The summed E-state index contributed by atoms with van der Waals surface area (Å²) in [5.41, 5.74) is 8.69. The molecule has 0 aliphatic carbocycles. The normalized spacial score (nSPS) is 11.2. The van der Waals surface area contributed by atoms with Gasteiger partial charge in [0.15, 0.2) is 5.82 Å². The van der Waals surface area contributed by atoms with Gasteiger partial charge < -0.3 is 16.0 Å². The third kappa shape index (κ3) is 3.53. The zero-order valence-electron chi connectivity index (χ0n) is 16.0. The van der Waals surface area contributed by atoms with Gasteiger partial charge in [0.05, 0.1) is 29.3 Å². The lowest BCUT2D eigenvalue weighted by Gasteiger charge is -2.09. The first-order chi connectivity index (χ1) is 13.4. The highest BCUT2D eigenvalue weighted by molar-refractivity contribution is 5.94. The first-order valence-electron chi connectivity index (χ1n) is 8.93. The summed E-state index contributed by atoms with van der Waals surface area (Å²) >= 11 is 0. The van der Waals surface area contributed by atoms with Crippen LogP contribution in [0.25, 0.3) is 16.6 Å². The number of aromatic amines is 1. The summed E-state index contributed by atoms with van der Waals surface area (Å²) in [6, 6.07) is 9.69. The molecule has 0 spiro atoms. The van der Waals surface area contributed by atoms with E-state index in [-0.39, 0.29) is 5.41 Å². The largest absolute Gasteiger partial charge is 0.382 e. The molecular weight excluding hydrogens is 350 g/mol. The maximum Gasteiger partial charge on any atom is 0.153 e. The molecule has 0 unspecified atom stereocenters. The fourth-order valence-electron chi connectivity index (χ4n) is 2.81. The molecule has 28 heavy (non-hydrogen) atoms. The van der Waals surface area contributed by atoms with E-state index in [1.165, 1.54) is 0 Å². The van der Waals surface area contributed by atoms with Crippen LogP contribution in [0.1, 0.15) is 26.3 Å². The van der Waals surface area contributed by atoms with Crippen LogP contribution in [0.2, 0.25) is 0 Å². The number of nitrogens with one attached hydrogen (secondary N) is 2. The van der Waals surface area contributed by atoms with Gasteiger partial charge in [0.25, 0.3) is 0 Å². The van der Waals surface area contributed by atoms with Crippen LogP contribution in [0, 0.1) is 17.3 Å². The van der Waals surface area contributed by atoms with E-state index in [1.807, 2.05) is 35.0 Å². The predicted octanol–water partition coefficient (Wildman–Crippen LogP) is 3.87. The number of nitrogen functional groups attached to an aromatic ring is 1. The molecule has 0 amide bonds. The smallest absolute Gasteiger partial charge is 0.153 e. The quantitative estimate of drug-likeness (QED) is 0.475. The SMILES string of the molecule is CC(C)(C)C#Cc1cccc2c(N)nn(-c3ccnc(Nc4cnc[nH]4)c3)c12. The molecule has 7 nitrogen and oxygen atoms in total. The van der Waals surface area contributed by atoms with Crippen molar-refractivity contribution in [3.63, 3.8) is 0 Å². The van der Waals surface area contributed by atoms with E-state index < -0.39 is 0 Å². The second-order valence-corrected chi connectivity index (χ2v) is 7.49. The number of nitrogens with zero attached hydrogens (tertiary/aromatic N) is 4. The van der Waals surface area contributed by atoms with Crippen LogP contribution in [0.3, 0.4) is 0 Å². The Morgan fingerprint density at radius 1 is 1.21 bits per heavy atom. The Hall–Kier alpha value is -3.79. The maximum atomic E-state index is 6.19. The third-order valence-electron chi connectivity index (χ3n) is 4.05. The van der Waals surface area contributed by atoms with Crippen molar-refractivity contribution in [2.24, 2.45) is 5.41 Å². The van der Waals surface area contributed by atoms with E-state index in [2.05, 4.69) is 58.0 Å². The van der Waals surface area contributed by atoms with Crippen LogP contribution in [0.15, 0.2) is 49.1 Å². The lowest BCUT2D eigenvalue weighted by molar-refractivity contribution is 0.571. The highest BCUT2D eigenvalue weighted by Crippen LogP contribution is 2.27. The highest BCUT2D eigenvalue weighted by atomic mass is 15.3. The van der Waals surface area contributed by atoms with Crippen LogP contribution in [-0.2, 0) is 0 Å². The number of fused-ring (bicyclic) bond motifs is 1. The monoisotopic (exact) mass is 371 g/mol. The van der Waals surface area contributed by atoms with E-state index in [1.54, 1.807) is 18.7 Å². The topological polar surface area (TPSA) is 97.4 Å². The molecule has 3 heterocycles. The maximum absolute atomic E-state index is 6.19. The Morgan fingerprint density at radius 3 is 2.82 bits per heavy atom. The lowest BCUT2D eigenvalue weighted by atomic mass is 9.97. The molecule has 4 N–H and O–H groups in total. The van der Waals surface area contributed by atoms with Crippen molar-refractivity contribution in [2.75, 3.05) is 11.1 Å². The second-order valence-electron chi connectivity index (χ2n) is 7.49. The van der Waals surface area contributed by atoms with E-state index >= 15 is 0 Å². The lowest BCUT2D eigenvalue weighted by Crippen LogP contribution is -2.02. The van der Waals surface area contributed by atoms with Gasteiger partial charge in [0, 0.05) is 23.1 Å². The fourth-order valence-corrected chi connectivity index (χ4v) is 2.81. The van der Waals surface area contributed by atoms with Gasteiger partial charge in [-0.3, -0.25) is 0 Å². The molecule has 0 saturated heterocycles. The number of hydrogen-bond donors (Lipinski definition) is 3.